The van der Waals surface area contributed by atoms with Crippen molar-refractivity contribution < 1.29 is 45.6 Å². The average molecular weight is 561 g/mol. The number of piperidine rings is 3. The number of quaternary nitrogens is 1. The molecule has 6 nitrogen and oxygen atoms in total. The second-order valence-electron chi connectivity index (χ2n) is 11.1. The van der Waals surface area contributed by atoms with Gasteiger partial charge >= 0.3 is 11.9 Å². The average Bonchev–Trinajstić information content (AvgIpc) is 2.84. The van der Waals surface area contributed by atoms with Crippen molar-refractivity contribution in [3.8, 4) is 0 Å². The van der Waals surface area contributed by atoms with Gasteiger partial charge in [-0.3, -0.25) is 4.79 Å². The van der Waals surface area contributed by atoms with E-state index >= 15 is 0 Å². The Kier molecular flexibility index (Phi) is 9.02. The van der Waals surface area contributed by atoms with Gasteiger partial charge in [0.25, 0.3) is 0 Å². The number of benzene rings is 2. The molecule has 3 fully saturated rings. The molecule has 7 heteroatoms. The molecule has 0 unspecified atom stereocenters. The molecule has 5 rings (SSSR count). The lowest BCUT2D eigenvalue weighted by Crippen LogP contribution is -3.00. The summed E-state index contributed by atoms with van der Waals surface area (Å²) in [6, 6.07) is 18.0. The lowest BCUT2D eigenvalue weighted by Gasteiger charge is -2.52. The predicted molar refractivity (Wildman–Crippen MR) is 133 cm³/mol. The molecule has 0 spiro atoms. The van der Waals surface area contributed by atoms with Crippen LogP contribution < -0.4 is 17.0 Å². The first-order valence-electron chi connectivity index (χ1n) is 12.7. The van der Waals surface area contributed by atoms with Crippen LogP contribution in [0.3, 0.4) is 0 Å². The van der Waals surface area contributed by atoms with Gasteiger partial charge < -0.3 is 36.0 Å². The van der Waals surface area contributed by atoms with Crippen molar-refractivity contribution >= 4 is 11.9 Å². The van der Waals surface area contributed by atoms with Crippen molar-refractivity contribution in [2.75, 3.05) is 26.2 Å². The summed E-state index contributed by atoms with van der Waals surface area (Å²) in [7, 11) is 0. The fourth-order valence-corrected chi connectivity index (χ4v) is 5.60. The Hall–Kier alpha value is -2.22. The van der Waals surface area contributed by atoms with Crippen molar-refractivity contribution in [1.29, 1.82) is 0 Å². The normalized spacial score (nSPS) is 23.4. The Balaban J connectivity index is 0.00000361. The lowest BCUT2D eigenvalue weighted by atomic mass is 9.82. The van der Waals surface area contributed by atoms with E-state index in [9.17, 15) is 14.7 Å². The lowest BCUT2D eigenvalue weighted by molar-refractivity contribution is -0.946. The van der Waals surface area contributed by atoms with Crippen LogP contribution in [0.15, 0.2) is 60.7 Å². The van der Waals surface area contributed by atoms with Crippen LogP contribution in [0.4, 0.5) is 0 Å². The van der Waals surface area contributed by atoms with Gasteiger partial charge in [0.05, 0.1) is 26.1 Å². The van der Waals surface area contributed by atoms with E-state index in [1.54, 1.807) is 24.3 Å². The minimum Gasteiger partial charge on any atom is -1.00 e. The third-order valence-electron chi connectivity index (χ3n) is 7.41. The number of fused-ring (bicyclic) bond motifs is 3. The monoisotopic (exact) mass is 559 g/mol. The molecule has 36 heavy (non-hydrogen) atoms. The van der Waals surface area contributed by atoms with Crippen LogP contribution in [0.25, 0.3) is 0 Å². The summed E-state index contributed by atoms with van der Waals surface area (Å²) in [6.07, 6.45) is 2.87. The van der Waals surface area contributed by atoms with Gasteiger partial charge in [0.2, 0.25) is 5.60 Å². The van der Waals surface area contributed by atoms with Crippen molar-refractivity contribution in [3.05, 3.63) is 71.8 Å². The second kappa shape index (κ2) is 11.4. The number of carbonyl (C=O) groups is 2. The van der Waals surface area contributed by atoms with Crippen molar-refractivity contribution in [3.63, 3.8) is 0 Å². The zero-order chi connectivity index (χ0) is 25.1. The molecule has 2 aromatic rings. The molecule has 3 saturated heterocycles. The Morgan fingerprint density at radius 2 is 1.47 bits per heavy atom. The van der Waals surface area contributed by atoms with Crippen molar-refractivity contribution in [2.24, 2.45) is 5.92 Å². The third kappa shape index (κ3) is 6.36. The SMILES string of the molecule is CC(C)(C)OC(=O)CCC[N+]12CCC(CC1)[C@@H](OC(=O)C(O)(c1ccccc1)c1ccccc1)C2.[Br-]. The summed E-state index contributed by atoms with van der Waals surface area (Å²) in [4.78, 5) is 25.8. The Morgan fingerprint density at radius 1 is 0.944 bits per heavy atom. The first-order chi connectivity index (χ1) is 16.6. The molecule has 2 bridgehead atoms. The molecule has 196 valence electrons. The first kappa shape index (κ1) is 28.4. The topological polar surface area (TPSA) is 72.8 Å². The molecule has 3 aliphatic rings. The second-order valence-corrected chi connectivity index (χ2v) is 11.1. The van der Waals surface area contributed by atoms with Gasteiger partial charge in [-0.1, -0.05) is 60.7 Å². The van der Waals surface area contributed by atoms with E-state index in [0.29, 0.717) is 23.5 Å². The third-order valence-corrected chi connectivity index (χ3v) is 7.41. The van der Waals surface area contributed by atoms with E-state index in [-0.39, 0.29) is 29.1 Å². The molecule has 0 radical (unpaired) electrons. The highest BCUT2D eigenvalue weighted by molar-refractivity contribution is 5.85. The minimum absolute atomic E-state index is 0. The quantitative estimate of drug-likeness (QED) is 0.388. The van der Waals surface area contributed by atoms with Crippen LogP contribution in [0.5, 0.6) is 0 Å². The summed E-state index contributed by atoms with van der Waals surface area (Å²) >= 11 is 0. The maximum Gasteiger partial charge on any atom is 0.348 e. The number of ether oxygens (including phenoxy) is 2. The molecule has 0 amide bonds. The number of rotatable bonds is 8. The Morgan fingerprint density at radius 3 is 1.97 bits per heavy atom. The van der Waals surface area contributed by atoms with Crippen LogP contribution in [0.2, 0.25) is 0 Å². The zero-order valence-corrected chi connectivity index (χ0v) is 23.1. The number of halogens is 1. The molecule has 2 aromatic carbocycles. The van der Waals surface area contributed by atoms with Crippen LogP contribution >= 0.6 is 0 Å². The highest BCUT2D eigenvalue weighted by atomic mass is 79.9. The summed E-state index contributed by atoms with van der Waals surface area (Å²) < 4.78 is 12.4. The largest absolute Gasteiger partial charge is 1.00 e. The predicted octanol–water partition coefficient (Wildman–Crippen LogP) is 1.20. The molecular formula is C29H38BrNO5. The van der Waals surface area contributed by atoms with Crippen molar-refractivity contribution in [2.45, 2.75) is 63.8 Å². The standard InChI is InChI=1S/C29H38NO5.BrH/c1-28(2,3)35-26(31)15-10-18-30-19-16-22(17-20-30)25(21-30)34-27(32)29(33,23-11-6-4-7-12-23)24-13-8-5-9-14-24;/h4-9,11-14,22,25,33H,10,15-21H2,1-3H3;1H/q+1;/p-1/t22?,25-,30?;/m0./s1. The smallest absolute Gasteiger partial charge is 0.348 e. The van der Waals surface area contributed by atoms with E-state index in [0.717, 1.165) is 49.9 Å². The summed E-state index contributed by atoms with van der Waals surface area (Å²) in [5, 5.41) is 11.8. The number of esters is 2. The number of hydrogen-bond acceptors (Lipinski definition) is 5. The maximum atomic E-state index is 13.6. The first-order valence-corrected chi connectivity index (χ1v) is 12.7. The van der Waals surface area contributed by atoms with E-state index in [1.165, 1.54) is 0 Å². The Bertz CT molecular complexity index is 973. The van der Waals surface area contributed by atoms with Crippen LogP contribution in [-0.4, -0.2) is 59.4 Å². The summed E-state index contributed by atoms with van der Waals surface area (Å²) in [5.41, 5.74) is -1.34. The molecule has 0 aromatic heterocycles. The highest BCUT2D eigenvalue weighted by Gasteiger charge is 2.50. The molecule has 0 saturated carbocycles. The van der Waals surface area contributed by atoms with E-state index in [1.807, 2.05) is 57.2 Å². The fraction of sp³-hybridized carbons (Fsp3) is 0.517. The van der Waals surface area contributed by atoms with Gasteiger partial charge in [0.1, 0.15) is 12.1 Å². The van der Waals surface area contributed by atoms with Crippen LogP contribution in [0.1, 0.15) is 57.6 Å². The molecule has 1 atom stereocenters. The maximum absolute atomic E-state index is 13.6. The van der Waals surface area contributed by atoms with E-state index in [2.05, 4.69) is 0 Å². The highest BCUT2D eigenvalue weighted by Crippen LogP contribution is 2.38. The number of nitrogens with zero attached hydrogens (tertiary/aromatic N) is 1. The molecule has 0 aliphatic carbocycles. The van der Waals surface area contributed by atoms with Gasteiger partial charge in [-0.15, -0.1) is 0 Å². The van der Waals surface area contributed by atoms with Gasteiger partial charge in [0.15, 0.2) is 6.10 Å². The van der Waals surface area contributed by atoms with E-state index in [4.69, 9.17) is 9.47 Å². The summed E-state index contributed by atoms with van der Waals surface area (Å²) in [5.74, 6) is -0.484. The summed E-state index contributed by atoms with van der Waals surface area (Å²) in [6.45, 7) is 9.31. The minimum atomic E-state index is -1.86. The van der Waals surface area contributed by atoms with Gasteiger partial charge in [0, 0.05) is 25.2 Å². The van der Waals surface area contributed by atoms with Gasteiger partial charge in [-0.05, 0) is 31.9 Å². The fourth-order valence-electron chi connectivity index (χ4n) is 5.60. The van der Waals surface area contributed by atoms with Crippen molar-refractivity contribution in [1.82, 2.24) is 0 Å². The van der Waals surface area contributed by atoms with Gasteiger partial charge in [-0.2, -0.15) is 0 Å². The van der Waals surface area contributed by atoms with Crippen LogP contribution in [-0.2, 0) is 24.7 Å². The van der Waals surface area contributed by atoms with Gasteiger partial charge in [-0.25, -0.2) is 4.79 Å². The number of hydrogen-bond donors (Lipinski definition) is 1. The van der Waals surface area contributed by atoms with Crippen LogP contribution in [0, 0.1) is 5.92 Å². The molecule has 1 N–H and O–H groups in total. The number of aliphatic hydroxyl groups is 1. The van der Waals surface area contributed by atoms with E-state index < -0.39 is 17.2 Å². The zero-order valence-electron chi connectivity index (χ0n) is 21.5. The molecule has 3 aliphatic heterocycles. The Labute approximate surface area is 225 Å². The number of carbonyl (C=O) groups excluding carboxylic acids is 2. The molecular weight excluding hydrogens is 522 g/mol. The molecule has 3 heterocycles.